The van der Waals surface area contributed by atoms with Crippen molar-refractivity contribution in [3.05, 3.63) is 74.9 Å². The number of para-hydroxylation sites is 1. The van der Waals surface area contributed by atoms with Crippen molar-refractivity contribution in [2.75, 3.05) is 6.61 Å². The molecule has 3 aliphatic rings. The summed E-state index contributed by atoms with van der Waals surface area (Å²) in [6.45, 7) is 1.79. The van der Waals surface area contributed by atoms with Crippen molar-refractivity contribution >= 4 is 57.6 Å². The molecule has 0 spiro atoms. The van der Waals surface area contributed by atoms with E-state index < -0.39 is 5.97 Å². The van der Waals surface area contributed by atoms with Crippen LogP contribution in [0.3, 0.4) is 0 Å². The fraction of sp³-hybridized carbons (Fsp3) is 0.406. The number of amides is 1. The minimum atomic E-state index is -0.491. The van der Waals surface area contributed by atoms with E-state index in [-0.39, 0.29) is 18.6 Å². The lowest BCUT2D eigenvalue weighted by Gasteiger charge is -2.28. The van der Waals surface area contributed by atoms with E-state index in [0.29, 0.717) is 39.4 Å². The minimum Gasteiger partial charge on any atom is -0.452 e. The number of esters is 1. The molecule has 1 N–H and O–H groups in total. The van der Waals surface area contributed by atoms with Gasteiger partial charge in [0, 0.05) is 11.4 Å². The Morgan fingerprint density at radius 1 is 1.10 bits per heavy atom. The molecular weight excluding hydrogens is 531 g/mol. The van der Waals surface area contributed by atoms with Crippen LogP contribution in [0.5, 0.6) is 0 Å². The highest BCUT2D eigenvalue weighted by Gasteiger charge is 2.42. The number of benzene rings is 2. The van der Waals surface area contributed by atoms with Crippen molar-refractivity contribution in [2.24, 2.45) is 17.8 Å². The topological polar surface area (TPSA) is 68.3 Å². The monoisotopic (exact) mass is 562 g/mol. The summed E-state index contributed by atoms with van der Waals surface area (Å²) in [7, 11) is 0. The Balaban J connectivity index is 1.26. The number of ether oxygens (including phenoxy) is 1. The van der Waals surface area contributed by atoms with Gasteiger partial charge in [0.1, 0.15) is 0 Å². The van der Waals surface area contributed by atoms with E-state index in [4.69, 9.17) is 32.9 Å². The summed E-state index contributed by atoms with van der Waals surface area (Å²) < 4.78 is 5.64. The fourth-order valence-electron chi connectivity index (χ4n) is 7.04. The molecule has 1 aromatic heterocycles. The number of carbonyl (C=O) groups excluding carboxylic acids is 2. The van der Waals surface area contributed by atoms with Crippen molar-refractivity contribution < 1.29 is 14.3 Å². The Morgan fingerprint density at radius 3 is 2.74 bits per heavy atom. The van der Waals surface area contributed by atoms with Crippen LogP contribution in [0.25, 0.3) is 22.6 Å². The SMILES string of the molecule is C[C@@H](NC(=O)COC(=O)c1c2c(nc3ccccc13)/C(=C\c1cccc(Cl)c1Cl)CCC2)[C@H]1C[C@@H]2CC[C@@H]1C2. The molecule has 6 rings (SSSR count). The van der Waals surface area contributed by atoms with E-state index in [9.17, 15) is 9.59 Å². The predicted molar refractivity (Wildman–Crippen MR) is 156 cm³/mol. The first-order valence-corrected chi connectivity index (χ1v) is 14.7. The van der Waals surface area contributed by atoms with Crippen LogP contribution in [0, 0.1) is 17.8 Å². The van der Waals surface area contributed by atoms with Gasteiger partial charge in [-0.3, -0.25) is 4.79 Å². The summed E-state index contributed by atoms with van der Waals surface area (Å²) in [5.41, 5.74) is 4.64. The summed E-state index contributed by atoms with van der Waals surface area (Å²) in [4.78, 5) is 31.3. The fourth-order valence-corrected chi connectivity index (χ4v) is 7.40. The molecule has 0 saturated heterocycles. The highest BCUT2D eigenvalue weighted by molar-refractivity contribution is 6.43. The van der Waals surface area contributed by atoms with Crippen molar-refractivity contribution in [2.45, 2.75) is 57.9 Å². The predicted octanol–water partition coefficient (Wildman–Crippen LogP) is 7.52. The van der Waals surface area contributed by atoms with Gasteiger partial charge in [-0.1, -0.05) is 60.0 Å². The van der Waals surface area contributed by atoms with Crippen LogP contribution in [-0.4, -0.2) is 29.5 Å². The summed E-state index contributed by atoms with van der Waals surface area (Å²) in [6.07, 6.45) is 9.45. The van der Waals surface area contributed by atoms with E-state index in [0.717, 1.165) is 46.5 Å². The Labute approximate surface area is 238 Å². The van der Waals surface area contributed by atoms with E-state index >= 15 is 0 Å². The second-order valence-corrected chi connectivity index (χ2v) is 12.1. The van der Waals surface area contributed by atoms with Crippen LogP contribution in [0.4, 0.5) is 0 Å². The van der Waals surface area contributed by atoms with Crippen LogP contribution >= 0.6 is 23.2 Å². The molecule has 0 unspecified atom stereocenters. The summed E-state index contributed by atoms with van der Waals surface area (Å²) in [5.74, 6) is 1.32. The molecule has 4 atom stereocenters. The zero-order valence-corrected chi connectivity index (χ0v) is 23.5. The largest absolute Gasteiger partial charge is 0.452 e. The summed E-state index contributed by atoms with van der Waals surface area (Å²) >= 11 is 12.7. The van der Waals surface area contributed by atoms with E-state index in [1.807, 2.05) is 42.5 Å². The van der Waals surface area contributed by atoms with Crippen molar-refractivity contribution in [1.82, 2.24) is 10.3 Å². The zero-order valence-electron chi connectivity index (χ0n) is 22.0. The number of halogens is 2. The maximum Gasteiger partial charge on any atom is 0.339 e. The van der Waals surface area contributed by atoms with Crippen LogP contribution in [0.2, 0.25) is 10.0 Å². The van der Waals surface area contributed by atoms with Crippen LogP contribution in [-0.2, 0) is 16.0 Å². The Morgan fingerprint density at radius 2 is 1.95 bits per heavy atom. The van der Waals surface area contributed by atoms with Gasteiger partial charge in [-0.2, -0.15) is 0 Å². The van der Waals surface area contributed by atoms with Gasteiger partial charge < -0.3 is 10.1 Å². The first kappa shape index (κ1) is 26.3. The second kappa shape index (κ2) is 10.9. The molecule has 2 fully saturated rings. The highest BCUT2D eigenvalue weighted by Crippen LogP contribution is 2.49. The summed E-state index contributed by atoms with van der Waals surface area (Å²) in [5, 5.41) is 4.81. The van der Waals surface area contributed by atoms with Crippen molar-refractivity contribution in [3.8, 4) is 0 Å². The van der Waals surface area contributed by atoms with Crippen LogP contribution in [0.1, 0.15) is 72.6 Å². The first-order valence-electron chi connectivity index (χ1n) is 13.9. The number of carbonyl (C=O) groups is 2. The lowest BCUT2D eigenvalue weighted by Crippen LogP contribution is -2.42. The molecule has 2 bridgehead atoms. The van der Waals surface area contributed by atoms with Gasteiger partial charge in [-0.05, 0) is 98.1 Å². The molecule has 5 nitrogen and oxygen atoms in total. The average molecular weight is 564 g/mol. The van der Waals surface area contributed by atoms with Crippen LogP contribution in [0.15, 0.2) is 42.5 Å². The molecule has 2 aromatic carbocycles. The molecular formula is C32H32Cl2N2O3. The highest BCUT2D eigenvalue weighted by atomic mass is 35.5. The van der Waals surface area contributed by atoms with Gasteiger partial charge in [0.15, 0.2) is 6.61 Å². The van der Waals surface area contributed by atoms with Gasteiger partial charge in [0.05, 0.1) is 26.8 Å². The average Bonchev–Trinajstić information content (AvgIpc) is 3.57. The van der Waals surface area contributed by atoms with Gasteiger partial charge in [-0.25, -0.2) is 9.78 Å². The van der Waals surface area contributed by atoms with Gasteiger partial charge >= 0.3 is 5.97 Å². The number of nitrogens with zero attached hydrogens (tertiary/aromatic N) is 1. The molecule has 39 heavy (non-hydrogen) atoms. The minimum absolute atomic E-state index is 0.0898. The molecule has 1 amide bonds. The Hall–Kier alpha value is -2.89. The first-order chi connectivity index (χ1) is 18.9. The third-order valence-electron chi connectivity index (χ3n) is 8.84. The number of hydrogen-bond donors (Lipinski definition) is 1. The maximum atomic E-state index is 13.6. The van der Waals surface area contributed by atoms with Gasteiger partial charge in [-0.15, -0.1) is 0 Å². The lowest BCUT2D eigenvalue weighted by molar-refractivity contribution is -0.125. The van der Waals surface area contributed by atoms with Crippen molar-refractivity contribution in [1.29, 1.82) is 0 Å². The molecule has 3 aromatic rings. The smallest absolute Gasteiger partial charge is 0.339 e. The lowest BCUT2D eigenvalue weighted by atomic mass is 9.84. The maximum absolute atomic E-state index is 13.6. The van der Waals surface area contributed by atoms with Crippen LogP contribution < -0.4 is 5.32 Å². The standard InChI is InChI=1S/C32H32Cl2N2O3/c1-18(25-15-19-12-13-20(25)14-19)35-28(37)17-39-32(38)29-23-8-2-3-11-27(23)36-31-22(7-4-9-24(29)31)16-21-6-5-10-26(33)30(21)34/h2-3,5-6,8,10-11,16,18-20,25H,4,7,9,12-15,17H2,1H3,(H,35,37)/b22-16-/t18-,19-,20-,25-/m1/s1. The Kier molecular flexibility index (Phi) is 7.39. The molecule has 0 aliphatic heterocycles. The third-order valence-corrected chi connectivity index (χ3v) is 9.68. The Bertz CT molecular complexity index is 1480. The molecule has 202 valence electrons. The van der Waals surface area contributed by atoms with E-state index in [2.05, 4.69) is 12.2 Å². The third kappa shape index (κ3) is 5.19. The van der Waals surface area contributed by atoms with Crippen molar-refractivity contribution in [3.63, 3.8) is 0 Å². The molecule has 3 aliphatic carbocycles. The quantitative estimate of drug-likeness (QED) is 0.315. The van der Waals surface area contributed by atoms with E-state index in [1.54, 1.807) is 6.07 Å². The number of hydrogen-bond acceptors (Lipinski definition) is 4. The molecule has 1 heterocycles. The number of nitrogens with one attached hydrogen (secondary N) is 1. The number of aromatic nitrogens is 1. The molecule has 0 radical (unpaired) electrons. The molecule has 2 saturated carbocycles. The molecule has 7 heteroatoms. The zero-order chi connectivity index (χ0) is 27.1. The summed E-state index contributed by atoms with van der Waals surface area (Å²) in [6, 6.07) is 13.2. The number of allylic oxidation sites excluding steroid dienone is 1. The van der Waals surface area contributed by atoms with Gasteiger partial charge in [0.25, 0.3) is 5.91 Å². The van der Waals surface area contributed by atoms with Gasteiger partial charge in [0.2, 0.25) is 0 Å². The number of pyridine rings is 1. The number of fused-ring (bicyclic) bond motifs is 4. The van der Waals surface area contributed by atoms with E-state index in [1.165, 1.54) is 25.7 Å². The number of rotatable bonds is 6. The second-order valence-electron chi connectivity index (χ2n) is 11.3. The normalized spacial score (nSPS) is 23.6.